The van der Waals surface area contributed by atoms with Crippen LogP contribution in [-0.4, -0.2) is 7.28 Å². The first-order valence-electron chi connectivity index (χ1n) is 5.95. The average molecular weight is 195 g/mol. The maximum Gasteiger partial charge on any atom is 0.125 e. The summed E-state index contributed by atoms with van der Waals surface area (Å²) in [6.45, 7) is 18.7. The smallest absolute Gasteiger partial charge is 0.0674 e. The molecule has 0 amide bonds. The van der Waals surface area contributed by atoms with E-state index in [4.69, 9.17) is 0 Å². The minimum atomic E-state index is 0.317. The molecule has 0 aromatic rings. The SMILES string of the molecule is CCC(C)(C)C(C)([B]C(C)(C)C)CC. The Labute approximate surface area is 92.1 Å². The molecule has 0 aliphatic heterocycles. The second-order valence-electron chi connectivity index (χ2n) is 6.52. The van der Waals surface area contributed by atoms with E-state index in [9.17, 15) is 0 Å². The minimum Gasteiger partial charge on any atom is -0.0674 e. The molecule has 0 saturated heterocycles. The first-order chi connectivity index (χ1) is 6.08. The molecule has 0 spiro atoms. The van der Waals surface area contributed by atoms with E-state index in [0.29, 0.717) is 16.0 Å². The molecular formula is C13H28B. The highest BCUT2D eigenvalue weighted by Crippen LogP contribution is 2.53. The maximum atomic E-state index is 2.55. The first kappa shape index (κ1) is 14.1. The number of hydrogen-bond donors (Lipinski definition) is 0. The Bertz CT molecular complexity index is 176. The topological polar surface area (TPSA) is 0 Å². The Morgan fingerprint density at radius 2 is 1.21 bits per heavy atom. The molecule has 0 aromatic carbocycles. The lowest BCUT2D eigenvalue weighted by Gasteiger charge is -2.46. The number of hydrogen-bond acceptors (Lipinski definition) is 0. The van der Waals surface area contributed by atoms with Crippen molar-refractivity contribution in [3.63, 3.8) is 0 Å². The van der Waals surface area contributed by atoms with Crippen molar-refractivity contribution in [1.29, 1.82) is 0 Å². The zero-order chi connectivity index (χ0) is 11.6. The van der Waals surface area contributed by atoms with E-state index in [1.54, 1.807) is 0 Å². The minimum absolute atomic E-state index is 0.317. The fourth-order valence-corrected chi connectivity index (χ4v) is 2.14. The molecule has 0 rings (SSSR count). The average Bonchev–Trinajstić information content (AvgIpc) is 2.01. The second kappa shape index (κ2) is 4.29. The largest absolute Gasteiger partial charge is 0.125 e. The molecule has 0 saturated carbocycles. The summed E-state index contributed by atoms with van der Waals surface area (Å²) < 4.78 is 0. The molecule has 83 valence electrons. The highest BCUT2D eigenvalue weighted by Gasteiger charge is 2.41. The van der Waals surface area contributed by atoms with Crippen LogP contribution in [-0.2, 0) is 0 Å². The summed E-state index contributed by atoms with van der Waals surface area (Å²) >= 11 is 0. The van der Waals surface area contributed by atoms with Crippen LogP contribution in [0.5, 0.6) is 0 Å². The molecule has 0 aliphatic rings. The Hall–Kier alpha value is 0.0649. The van der Waals surface area contributed by atoms with Gasteiger partial charge in [0.15, 0.2) is 0 Å². The van der Waals surface area contributed by atoms with Gasteiger partial charge in [0.05, 0.1) is 0 Å². The molecule has 14 heavy (non-hydrogen) atoms. The van der Waals surface area contributed by atoms with Crippen LogP contribution in [0.15, 0.2) is 0 Å². The van der Waals surface area contributed by atoms with E-state index in [2.05, 4.69) is 62.7 Å². The Balaban J connectivity index is 4.81. The third-order valence-electron chi connectivity index (χ3n) is 3.92. The third kappa shape index (κ3) is 3.33. The fraction of sp³-hybridized carbons (Fsp3) is 1.00. The van der Waals surface area contributed by atoms with Crippen molar-refractivity contribution < 1.29 is 0 Å². The summed E-state index contributed by atoms with van der Waals surface area (Å²) in [5.41, 5.74) is 0.398. The van der Waals surface area contributed by atoms with Crippen molar-refractivity contribution in [3.05, 3.63) is 0 Å². The predicted molar refractivity (Wildman–Crippen MR) is 68.2 cm³/mol. The molecule has 0 bridgehead atoms. The molecule has 0 nitrogen and oxygen atoms in total. The lowest BCUT2D eigenvalue weighted by molar-refractivity contribution is 0.226. The quantitative estimate of drug-likeness (QED) is 0.557. The van der Waals surface area contributed by atoms with Gasteiger partial charge in [-0.1, -0.05) is 78.9 Å². The Morgan fingerprint density at radius 3 is 1.43 bits per heavy atom. The van der Waals surface area contributed by atoms with Gasteiger partial charge in [-0.2, -0.15) is 0 Å². The molecule has 0 aliphatic carbocycles. The molecule has 1 heteroatoms. The van der Waals surface area contributed by atoms with Gasteiger partial charge in [0.2, 0.25) is 0 Å². The zero-order valence-corrected chi connectivity index (χ0v) is 11.5. The predicted octanol–water partition coefficient (Wildman–Crippen LogP) is 4.93. The van der Waals surface area contributed by atoms with Gasteiger partial charge in [-0.05, 0) is 5.41 Å². The molecule has 0 heterocycles. The van der Waals surface area contributed by atoms with Crippen molar-refractivity contribution in [2.75, 3.05) is 0 Å². The molecule has 0 fully saturated rings. The van der Waals surface area contributed by atoms with Crippen LogP contribution in [0, 0.1) is 5.41 Å². The highest BCUT2D eigenvalue weighted by molar-refractivity contribution is 6.44. The summed E-state index contributed by atoms with van der Waals surface area (Å²) in [7, 11) is 2.55. The fourth-order valence-electron chi connectivity index (χ4n) is 2.14. The monoisotopic (exact) mass is 195 g/mol. The summed E-state index contributed by atoms with van der Waals surface area (Å²) in [6.07, 6.45) is 2.47. The Morgan fingerprint density at radius 1 is 0.786 bits per heavy atom. The third-order valence-corrected chi connectivity index (χ3v) is 3.92. The van der Waals surface area contributed by atoms with E-state index in [0.717, 1.165) is 0 Å². The summed E-state index contributed by atoms with van der Waals surface area (Å²) in [5, 5.41) is 0.664. The molecule has 0 aromatic heterocycles. The lowest BCUT2D eigenvalue weighted by Crippen LogP contribution is -2.36. The van der Waals surface area contributed by atoms with Gasteiger partial charge in [-0.25, -0.2) is 0 Å². The van der Waals surface area contributed by atoms with Gasteiger partial charge in [0, 0.05) is 0 Å². The van der Waals surface area contributed by atoms with Crippen LogP contribution in [0.2, 0.25) is 10.6 Å². The molecule has 0 N–H and O–H groups in total. The summed E-state index contributed by atoms with van der Waals surface area (Å²) in [6, 6.07) is 0. The van der Waals surface area contributed by atoms with Gasteiger partial charge in [-0.3, -0.25) is 0 Å². The lowest BCUT2D eigenvalue weighted by atomic mass is 9.34. The van der Waals surface area contributed by atoms with Crippen LogP contribution in [0.1, 0.15) is 68.2 Å². The van der Waals surface area contributed by atoms with Crippen molar-refractivity contribution in [3.8, 4) is 0 Å². The van der Waals surface area contributed by atoms with Gasteiger partial charge in [-0.15, -0.1) is 0 Å². The van der Waals surface area contributed by atoms with E-state index in [1.807, 2.05) is 0 Å². The van der Waals surface area contributed by atoms with Crippen molar-refractivity contribution in [2.24, 2.45) is 5.41 Å². The first-order valence-corrected chi connectivity index (χ1v) is 5.95. The van der Waals surface area contributed by atoms with Crippen LogP contribution >= 0.6 is 0 Å². The highest BCUT2D eigenvalue weighted by atomic mass is 14.4. The van der Waals surface area contributed by atoms with E-state index >= 15 is 0 Å². The van der Waals surface area contributed by atoms with Crippen LogP contribution in [0.25, 0.3) is 0 Å². The van der Waals surface area contributed by atoms with Gasteiger partial charge in [0.25, 0.3) is 0 Å². The van der Waals surface area contributed by atoms with Crippen LogP contribution < -0.4 is 0 Å². The molecular weight excluding hydrogens is 167 g/mol. The van der Waals surface area contributed by atoms with E-state index in [1.165, 1.54) is 12.8 Å². The van der Waals surface area contributed by atoms with Crippen molar-refractivity contribution in [2.45, 2.75) is 78.9 Å². The van der Waals surface area contributed by atoms with Crippen molar-refractivity contribution in [1.82, 2.24) is 0 Å². The zero-order valence-electron chi connectivity index (χ0n) is 11.5. The molecule has 1 radical (unpaired) electrons. The summed E-state index contributed by atoms with van der Waals surface area (Å²) in [4.78, 5) is 0. The van der Waals surface area contributed by atoms with Gasteiger partial charge in [0.1, 0.15) is 7.28 Å². The maximum absolute atomic E-state index is 2.55. The van der Waals surface area contributed by atoms with E-state index in [-0.39, 0.29) is 0 Å². The van der Waals surface area contributed by atoms with Gasteiger partial charge < -0.3 is 0 Å². The van der Waals surface area contributed by atoms with Crippen LogP contribution in [0.3, 0.4) is 0 Å². The van der Waals surface area contributed by atoms with E-state index < -0.39 is 0 Å². The summed E-state index contributed by atoms with van der Waals surface area (Å²) in [5.74, 6) is 0. The van der Waals surface area contributed by atoms with Crippen molar-refractivity contribution >= 4 is 7.28 Å². The van der Waals surface area contributed by atoms with Crippen LogP contribution in [0.4, 0.5) is 0 Å². The van der Waals surface area contributed by atoms with Gasteiger partial charge >= 0.3 is 0 Å². The second-order valence-corrected chi connectivity index (χ2v) is 6.52. The standard InChI is InChI=1S/C13H28B/c1-9-12(6,7)13(8,10-2)14-11(3,4)5/h9-10H2,1-8H3. The molecule has 1 unspecified atom stereocenters. The number of rotatable bonds is 4. The Kier molecular flexibility index (Phi) is 4.31. The molecule has 1 atom stereocenters. The normalized spacial score (nSPS) is 17.7.